The summed E-state index contributed by atoms with van der Waals surface area (Å²) in [4.78, 5) is 9.53. The number of anilines is 2. The van der Waals surface area contributed by atoms with Crippen LogP contribution < -0.4 is 4.90 Å². The fourth-order valence-electron chi connectivity index (χ4n) is 3.97. The van der Waals surface area contributed by atoms with E-state index in [-0.39, 0.29) is 16.8 Å². The summed E-state index contributed by atoms with van der Waals surface area (Å²) in [5.41, 5.74) is 4.38. The van der Waals surface area contributed by atoms with E-state index in [2.05, 4.69) is 43.7 Å². The molecule has 1 aliphatic carbocycles. The first-order valence-corrected chi connectivity index (χ1v) is 9.59. The van der Waals surface area contributed by atoms with Crippen LogP contribution in [0, 0.1) is 13.8 Å². The average Bonchev–Trinajstić information content (AvgIpc) is 2.57. The second-order valence-corrected chi connectivity index (χ2v) is 9.21. The lowest BCUT2D eigenvalue weighted by molar-refractivity contribution is -0.118. The second kappa shape index (κ2) is 6.75. The van der Waals surface area contributed by atoms with Gasteiger partial charge in [-0.1, -0.05) is 33.8 Å². The Labute approximate surface area is 165 Å². The van der Waals surface area contributed by atoms with E-state index in [1.807, 2.05) is 19.9 Å². The van der Waals surface area contributed by atoms with Gasteiger partial charge in [-0.2, -0.15) is 13.2 Å². The molecule has 0 radical (unpaired) electrons. The molecule has 1 heterocycles. The maximum absolute atomic E-state index is 13.4. The molecular weight excluding hydrogens is 363 g/mol. The molecule has 3 rings (SSSR count). The third kappa shape index (κ3) is 4.01. The number of nitrogens with zero attached hydrogens (tertiary/aromatic N) is 3. The molecule has 0 N–H and O–H groups in total. The number of aromatic nitrogens is 2. The lowest BCUT2D eigenvalue weighted by atomic mass is 9.63. The van der Waals surface area contributed by atoms with E-state index in [0.29, 0.717) is 5.69 Å². The van der Waals surface area contributed by atoms with E-state index in [1.165, 1.54) is 10.5 Å². The van der Waals surface area contributed by atoms with Crippen molar-refractivity contribution in [3.05, 3.63) is 46.8 Å². The molecule has 0 spiro atoms. The quantitative estimate of drug-likeness (QED) is 0.629. The largest absolute Gasteiger partial charge is 0.406 e. The molecule has 0 saturated carbocycles. The molecule has 152 valence electrons. The van der Waals surface area contributed by atoms with Crippen molar-refractivity contribution < 1.29 is 13.2 Å². The molecule has 0 aliphatic heterocycles. The fraction of sp³-hybridized carbons (Fsp3) is 0.545. The van der Waals surface area contributed by atoms with Crippen molar-refractivity contribution in [1.29, 1.82) is 0 Å². The number of aryl methyl sites for hydroxylation is 2. The number of halogens is 3. The van der Waals surface area contributed by atoms with Gasteiger partial charge in [0.2, 0.25) is 5.95 Å². The van der Waals surface area contributed by atoms with Crippen LogP contribution in [0.15, 0.2) is 24.5 Å². The normalized spacial score (nSPS) is 17.9. The number of benzene rings is 1. The molecule has 0 atom stereocenters. The van der Waals surface area contributed by atoms with Gasteiger partial charge in [-0.15, -0.1) is 0 Å². The Bertz CT molecular complexity index is 868. The molecule has 3 nitrogen and oxygen atoms in total. The third-order valence-corrected chi connectivity index (χ3v) is 5.81. The van der Waals surface area contributed by atoms with E-state index in [0.717, 1.165) is 29.5 Å². The lowest BCUT2D eigenvalue weighted by Crippen LogP contribution is -2.36. The Kier molecular flexibility index (Phi) is 4.97. The van der Waals surface area contributed by atoms with Crippen LogP contribution in [0.25, 0.3) is 0 Å². The van der Waals surface area contributed by atoms with Crippen molar-refractivity contribution in [3.8, 4) is 0 Å². The van der Waals surface area contributed by atoms with Gasteiger partial charge in [-0.05, 0) is 65.8 Å². The van der Waals surface area contributed by atoms with Crippen molar-refractivity contribution in [3.63, 3.8) is 0 Å². The molecule has 0 unspecified atom stereocenters. The minimum Gasteiger partial charge on any atom is -0.301 e. The monoisotopic (exact) mass is 391 g/mol. The van der Waals surface area contributed by atoms with E-state index >= 15 is 0 Å². The highest BCUT2D eigenvalue weighted by Crippen LogP contribution is 2.48. The number of hydrogen-bond donors (Lipinski definition) is 0. The minimum absolute atomic E-state index is 0.00333. The van der Waals surface area contributed by atoms with Crippen LogP contribution >= 0.6 is 0 Å². The molecular formula is C22H28F3N3. The second-order valence-electron chi connectivity index (χ2n) is 9.21. The van der Waals surface area contributed by atoms with Crippen LogP contribution in [0.2, 0.25) is 0 Å². The highest BCUT2D eigenvalue weighted by molar-refractivity contribution is 5.66. The Morgan fingerprint density at radius 1 is 0.929 bits per heavy atom. The summed E-state index contributed by atoms with van der Waals surface area (Å²) in [6.07, 6.45) is 0.777. The van der Waals surface area contributed by atoms with E-state index in [4.69, 9.17) is 0 Å². The van der Waals surface area contributed by atoms with Gasteiger partial charge in [0.1, 0.15) is 6.54 Å². The number of rotatable bonds is 3. The Balaban J connectivity index is 2.19. The summed E-state index contributed by atoms with van der Waals surface area (Å²) < 4.78 is 40.2. The maximum Gasteiger partial charge on any atom is 0.406 e. The highest BCUT2D eigenvalue weighted by atomic mass is 19.4. The topological polar surface area (TPSA) is 29.0 Å². The SMILES string of the molecule is Cc1cnc(N(CC(F)(F)F)c2cc3c(cc2C)C(C)(C)CCC3(C)C)nc1. The predicted molar refractivity (Wildman–Crippen MR) is 106 cm³/mol. The fourth-order valence-corrected chi connectivity index (χ4v) is 3.97. The van der Waals surface area contributed by atoms with Gasteiger partial charge in [-0.25, -0.2) is 9.97 Å². The van der Waals surface area contributed by atoms with Crippen LogP contribution in [0.1, 0.15) is 62.8 Å². The summed E-state index contributed by atoms with van der Waals surface area (Å²) in [6.45, 7) is 11.3. The van der Waals surface area contributed by atoms with E-state index in [1.54, 1.807) is 12.4 Å². The zero-order chi connectivity index (χ0) is 20.9. The van der Waals surface area contributed by atoms with Gasteiger partial charge < -0.3 is 4.90 Å². The predicted octanol–water partition coefficient (Wildman–Crippen LogP) is 6.14. The molecule has 6 heteroatoms. The van der Waals surface area contributed by atoms with E-state index < -0.39 is 12.7 Å². The van der Waals surface area contributed by atoms with Gasteiger partial charge in [0.15, 0.2) is 0 Å². The Morgan fingerprint density at radius 3 is 1.93 bits per heavy atom. The smallest absolute Gasteiger partial charge is 0.301 e. The molecule has 1 aliphatic rings. The lowest BCUT2D eigenvalue weighted by Gasteiger charge is -2.43. The summed E-state index contributed by atoms with van der Waals surface area (Å²) >= 11 is 0. The first-order valence-electron chi connectivity index (χ1n) is 9.59. The Hall–Kier alpha value is -2.11. The molecule has 0 bridgehead atoms. The van der Waals surface area contributed by atoms with Crippen LogP contribution in [-0.4, -0.2) is 22.7 Å². The first kappa shape index (κ1) is 20.6. The molecule has 0 saturated heterocycles. The molecule has 1 aromatic carbocycles. The summed E-state index contributed by atoms with van der Waals surface area (Å²) in [6, 6.07) is 3.99. The molecule has 2 aromatic rings. The van der Waals surface area contributed by atoms with Gasteiger partial charge in [0.25, 0.3) is 0 Å². The van der Waals surface area contributed by atoms with Crippen LogP contribution in [0.3, 0.4) is 0 Å². The number of alkyl halides is 3. The highest BCUT2D eigenvalue weighted by Gasteiger charge is 2.39. The van der Waals surface area contributed by atoms with Crippen molar-refractivity contribution in [1.82, 2.24) is 9.97 Å². The van der Waals surface area contributed by atoms with Crippen molar-refractivity contribution in [2.75, 3.05) is 11.4 Å². The molecule has 0 amide bonds. The maximum atomic E-state index is 13.4. The number of hydrogen-bond acceptors (Lipinski definition) is 3. The summed E-state index contributed by atoms with van der Waals surface area (Å²) in [7, 11) is 0. The van der Waals surface area contributed by atoms with Gasteiger partial charge in [-0.3, -0.25) is 0 Å². The molecule has 28 heavy (non-hydrogen) atoms. The number of fused-ring (bicyclic) bond motifs is 1. The van der Waals surface area contributed by atoms with Crippen LogP contribution in [-0.2, 0) is 10.8 Å². The zero-order valence-corrected chi connectivity index (χ0v) is 17.4. The first-order chi connectivity index (χ1) is 12.8. The van der Waals surface area contributed by atoms with Gasteiger partial charge >= 0.3 is 6.18 Å². The van der Waals surface area contributed by atoms with Crippen molar-refractivity contribution in [2.45, 2.75) is 71.4 Å². The van der Waals surface area contributed by atoms with Crippen molar-refractivity contribution in [2.24, 2.45) is 0 Å². The van der Waals surface area contributed by atoms with Crippen LogP contribution in [0.4, 0.5) is 24.8 Å². The standard InChI is InChI=1S/C22H28F3N3/c1-14-11-26-19(27-12-14)28(13-22(23,24)25)18-10-17-16(9-15(18)2)20(3,4)7-8-21(17,5)6/h9-12H,7-8,13H2,1-6H3. The van der Waals surface area contributed by atoms with Crippen LogP contribution in [0.5, 0.6) is 0 Å². The zero-order valence-electron chi connectivity index (χ0n) is 17.4. The van der Waals surface area contributed by atoms with Gasteiger partial charge in [0, 0.05) is 18.1 Å². The average molecular weight is 391 g/mol. The molecule has 1 aromatic heterocycles. The molecule has 0 fully saturated rings. The minimum atomic E-state index is -4.37. The summed E-state index contributed by atoms with van der Waals surface area (Å²) in [5, 5.41) is 0. The van der Waals surface area contributed by atoms with Gasteiger partial charge in [0.05, 0.1) is 0 Å². The summed E-state index contributed by atoms with van der Waals surface area (Å²) in [5.74, 6) is 0.0684. The van der Waals surface area contributed by atoms with E-state index in [9.17, 15) is 13.2 Å². The third-order valence-electron chi connectivity index (χ3n) is 5.81. The Morgan fingerprint density at radius 2 is 1.43 bits per heavy atom. The van der Waals surface area contributed by atoms with Crippen molar-refractivity contribution >= 4 is 11.6 Å².